The maximum atomic E-state index is 5.37. The number of hydrogen-bond donors (Lipinski definition) is 1. The predicted octanol–water partition coefficient (Wildman–Crippen LogP) is 3.95. The van der Waals surface area contributed by atoms with Gasteiger partial charge in [-0.15, -0.1) is 0 Å². The van der Waals surface area contributed by atoms with Gasteiger partial charge in [0.2, 0.25) is 0 Å². The Balaban J connectivity index is 1.56. The molecule has 6 heteroatoms. The van der Waals surface area contributed by atoms with Crippen molar-refractivity contribution in [3.8, 4) is 5.75 Å². The molecule has 26 heavy (non-hydrogen) atoms. The van der Waals surface area contributed by atoms with Gasteiger partial charge in [0, 0.05) is 36.4 Å². The molecule has 0 radical (unpaired) electrons. The van der Waals surface area contributed by atoms with Gasteiger partial charge in [0.1, 0.15) is 5.75 Å². The first kappa shape index (κ1) is 17.0. The van der Waals surface area contributed by atoms with Crippen LogP contribution >= 0.6 is 11.9 Å². The minimum Gasteiger partial charge on any atom is -0.497 e. The molecule has 4 rings (SSSR count). The van der Waals surface area contributed by atoms with Crippen LogP contribution in [-0.4, -0.2) is 34.5 Å². The van der Waals surface area contributed by atoms with Crippen molar-refractivity contribution >= 4 is 17.6 Å². The summed E-state index contributed by atoms with van der Waals surface area (Å²) >= 11 is 1.82. The third-order valence-corrected chi connectivity index (χ3v) is 5.57. The number of hydrogen-bond acceptors (Lipinski definition) is 5. The second-order valence-electron chi connectivity index (χ2n) is 6.27. The highest BCUT2D eigenvalue weighted by atomic mass is 32.2. The summed E-state index contributed by atoms with van der Waals surface area (Å²) in [5.74, 6) is 0.904. The van der Waals surface area contributed by atoms with Gasteiger partial charge >= 0.3 is 0 Å². The van der Waals surface area contributed by atoms with Gasteiger partial charge in [0.05, 0.1) is 25.7 Å². The zero-order valence-corrected chi connectivity index (χ0v) is 15.6. The van der Waals surface area contributed by atoms with E-state index in [1.807, 2.05) is 24.2 Å². The van der Waals surface area contributed by atoms with Crippen LogP contribution in [-0.2, 0) is 13.1 Å². The van der Waals surface area contributed by atoms with Gasteiger partial charge in [-0.3, -0.25) is 0 Å². The number of nitrogens with zero attached hydrogens (tertiary/aromatic N) is 3. The van der Waals surface area contributed by atoms with Crippen LogP contribution in [0.3, 0.4) is 0 Å². The monoisotopic (exact) mass is 366 g/mol. The van der Waals surface area contributed by atoms with E-state index in [4.69, 9.17) is 4.74 Å². The Kier molecular flexibility index (Phi) is 5.13. The number of fused-ring (bicyclic) bond motifs is 1. The third-order valence-electron chi connectivity index (χ3n) is 4.46. The van der Waals surface area contributed by atoms with Crippen molar-refractivity contribution in [2.45, 2.75) is 18.0 Å². The van der Waals surface area contributed by atoms with E-state index in [1.165, 1.54) is 16.1 Å². The predicted molar refractivity (Wildman–Crippen MR) is 105 cm³/mol. The summed E-state index contributed by atoms with van der Waals surface area (Å²) in [6.07, 6.45) is 3.63. The number of methoxy groups -OCH3 is 1. The second kappa shape index (κ2) is 7.85. The molecule has 1 N–H and O–H groups in total. The van der Waals surface area contributed by atoms with Gasteiger partial charge in [-0.05, 0) is 41.8 Å². The van der Waals surface area contributed by atoms with Crippen LogP contribution in [0.15, 0.2) is 66.0 Å². The van der Waals surface area contributed by atoms with E-state index < -0.39 is 0 Å². The van der Waals surface area contributed by atoms with Gasteiger partial charge in [0.15, 0.2) is 0 Å². The lowest BCUT2D eigenvalue weighted by molar-refractivity contribution is 0.414. The average Bonchev–Trinajstić information content (AvgIpc) is 3.12. The molecule has 0 fully saturated rings. The number of H-pyrrole nitrogens is 1. The Hall–Kier alpha value is -2.44. The Bertz CT molecular complexity index is 853. The average molecular weight is 366 g/mol. The number of anilines is 1. The van der Waals surface area contributed by atoms with Gasteiger partial charge in [-0.25, -0.2) is 9.29 Å². The fraction of sp³-hybridized carbons (Fsp3) is 0.250. The molecular formula is C20H22N4OS. The van der Waals surface area contributed by atoms with Crippen molar-refractivity contribution in [2.24, 2.45) is 0 Å². The lowest BCUT2D eigenvalue weighted by atomic mass is 10.2. The maximum Gasteiger partial charge on any atom is 0.119 e. The van der Waals surface area contributed by atoms with Crippen LogP contribution in [0, 0.1) is 0 Å². The largest absolute Gasteiger partial charge is 0.497 e. The van der Waals surface area contributed by atoms with Crippen LogP contribution in [0.2, 0.25) is 0 Å². The summed E-state index contributed by atoms with van der Waals surface area (Å²) in [4.78, 5) is 11.1. The molecule has 2 heterocycles. The summed E-state index contributed by atoms with van der Waals surface area (Å²) in [5, 5.41) is 0. The summed E-state index contributed by atoms with van der Waals surface area (Å²) in [7, 11) is 1.71. The number of rotatable bonds is 5. The number of aromatic nitrogens is 2. The van der Waals surface area contributed by atoms with Gasteiger partial charge in [-0.2, -0.15) is 0 Å². The fourth-order valence-electron chi connectivity index (χ4n) is 3.16. The summed E-state index contributed by atoms with van der Waals surface area (Å²) in [6.45, 7) is 3.66. The standard InChI is InChI=1S/C20H22N4OS/c1-25-18-6-4-5-16(11-18)13-23-9-10-24(14-17-12-21-15-22-17)26-20-8-3-2-7-19(20)23/h2-8,11-12,15H,9-10,13-14H2,1H3,(H,21,22). The molecule has 0 saturated carbocycles. The zero-order chi connectivity index (χ0) is 17.8. The lowest BCUT2D eigenvalue weighted by Crippen LogP contribution is -2.29. The van der Waals surface area contributed by atoms with Crippen molar-refractivity contribution in [1.82, 2.24) is 14.3 Å². The van der Waals surface area contributed by atoms with Crippen molar-refractivity contribution < 1.29 is 4.74 Å². The number of imidazole rings is 1. The molecule has 0 amide bonds. The van der Waals surface area contributed by atoms with Gasteiger partial charge in [-0.1, -0.05) is 24.3 Å². The smallest absolute Gasteiger partial charge is 0.119 e. The van der Waals surface area contributed by atoms with Crippen LogP contribution in [0.4, 0.5) is 5.69 Å². The van der Waals surface area contributed by atoms with Crippen LogP contribution in [0.25, 0.3) is 0 Å². The topological polar surface area (TPSA) is 44.4 Å². The van der Waals surface area contributed by atoms with Crippen molar-refractivity contribution in [3.05, 3.63) is 72.3 Å². The maximum absolute atomic E-state index is 5.37. The summed E-state index contributed by atoms with van der Waals surface area (Å²) < 4.78 is 7.76. The number of nitrogens with one attached hydrogen (secondary N) is 1. The lowest BCUT2D eigenvalue weighted by Gasteiger charge is -2.24. The fourth-order valence-corrected chi connectivity index (χ4v) is 4.25. The van der Waals surface area contributed by atoms with E-state index in [0.717, 1.165) is 37.6 Å². The molecular weight excluding hydrogens is 344 g/mol. The van der Waals surface area contributed by atoms with Gasteiger partial charge < -0.3 is 14.6 Å². The minimum absolute atomic E-state index is 0.853. The molecule has 5 nitrogen and oxygen atoms in total. The number of ether oxygens (including phenoxy) is 1. The molecule has 1 aliphatic rings. The first-order chi connectivity index (χ1) is 12.8. The molecule has 3 aromatic rings. The van der Waals surface area contributed by atoms with E-state index in [1.54, 1.807) is 13.4 Å². The first-order valence-electron chi connectivity index (χ1n) is 8.69. The Morgan fingerprint density at radius 2 is 2.04 bits per heavy atom. The highest BCUT2D eigenvalue weighted by molar-refractivity contribution is 7.97. The number of para-hydroxylation sites is 1. The number of aromatic amines is 1. The highest BCUT2D eigenvalue weighted by Gasteiger charge is 2.21. The van der Waals surface area contributed by atoms with Gasteiger partial charge in [0.25, 0.3) is 0 Å². The van der Waals surface area contributed by atoms with Crippen LogP contribution in [0.1, 0.15) is 11.3 Å². The Morgan fingerprint density at radius 3 is 2.88 bits per heavy atom. The molecule has 0 saturated heterocycles. The molecule has 2 aromatic carbocycles. The van der Waals surface area contributed by atoms with E-state index in [9.17, 15) is 0 Å². The Labute approximate surface area is 158 Å². The summed E-state index contributed by atoms with van der Waals surface area (Å²) in [6, 6.07) is 16.9. The number of benzene rings is 2. The normalized spacial score (nSPS) is 14.7. The zero-order valence-electron chi connectivity index (χ0n) is 14.8. The van der Waals surface area contributed by atoms with Crippen LogP contribution in [0.5, 0.6) is 5.75 Å². The summed E-state index contributed by atoms with van der Waals surface area (Å²) in [5.41, 5.74) is 3.68. The third kappa shape index (κ3) is 3.86. The highest BCUT2D eigenvalue weighted by Crippen LogP contribution is 2.36. The second-order valence-corrected chi connectivity index (χ2v) is 7.41. The molecule has 134 valence electrons. The van der Waals surface area contributed by atoms with E-state index >= 15 is 0 Å². The van der Waals surface area contributed by atoms with E-state index in [2.05, 4.69) is 61.6 Å². The molecule has 1 aliphatic heterocycles. The van der Waals surface area contributed by atoms with Crippen LogP contribution < -0.4 is 9.64 Å². The quantitative estimate of drug-likeness (QED) is 0.693. The van der Waals surface area contributed by atoms with Crippen molar-refractivity contribution in [1.29, 1.82) is 0 Å². The SMILES string of the molecule is COc1cccc(CN2CCN(Cc3cnc[nH]3)Sc3ccccc32)c1. The molecule has 0 unspecified atom stereocenters. The van der Waals surface area contributed by atoms with E-state index in [0.29, 0.717) is 0 Å². The first-order valence-corrected chi connectivity index (χ1v) is 9.46. The van der Waals surface area contributed by atoms with Crippen molar-refractivity contribution in [3.63, 3.8) is 0 Å². The minimum atomic E-state index is 0.853. The van der Waals surface area contributed by atoms with E-state index in [-0.39, 0.29) is 0 Å². The van der Waals surface area contributed by atoms with Crippen molar-refractivity contribution in [2.75, 3.05) is 25.1 Å². The molecule has 1 aromatic heterocycles. The molecule has 0 aliphatic carbocycles. The molecule has 0 bridgehead atoms. The Morgan fingerprint density at radius 1 is 1.12 bits per heavy atom. The molecule has 0 spiro atoms. The molecule has 0 atom stereocenters.